The van der Waals surface area contributed by atoms with Crippen LogP contribution in [0, 0.1) is 11.8 Å². The van der Waals surface area contributed by atoms with Crippen LogP contribution in [0.3, 0.4) is 0 Å². The van der Waals surface area contributed by atoms with Crippen LogP contribution in [0.1, 0.15) is 77.6 Å². The molecule has 0 saturated carbocycles. The highest BCUT2D eigenvalue weighted by molar-refractivity contribution is 4.97. The minimum absolute atomic E-state index is 0.0888. The Kier molecular flexibility index (Phi) is 10.9. The smallest absolute Gasteiger partial charge is 0.157 e. The van der Waals surface area contributed by atoms with E-state index in [-0.39, 0.29) is 6.29 Å². The van der Waals surface area contributed by atoms with E-state index in [2.05, 4.69) is 18.8 Å². The molecule has 1 aliphatic rings. The van der Waals surface area contributed by atoms with Gasteiger partial charge in [0.05, 0.1) is 0 Å². The van der Waals surface area contributed by atoms with Gasteiger partial charge in [-0.05, 0) is 32.1 Å². The fraction of sp³-hybridized carbons (Fsp3) is 0.882. The number of unbranched alkanes of at least 4 members (excludes halogenated alkanes) is 6. The van der Waals surface area contributed by atoms with Gasteiger partial charge < -0.3 is 9.47 Å². The van der Waals surface area contributed by atoms with Crippen LogP contribution in [0.5, 0.6) is 0 Å². The molecule has 0 amide bonds. The van der Waals surface area contributed by atoms with Crippen molar-refractivity contribution >= 4 is 0 Å². The van der Waals surface area contributed by atoms with Crippen LogP contribution in [0.25, 0.3) is 0 Å². The Balaban J connectivity index is 1.76. The molecule has 1 heterocycles. The van der Waals surface area contributed by atoms with E-state index in [0.717, 1.165) is 32.5 Å². The Bertz CT molecular complexity index is 246. The summed E-state index contributed by atoms with van der Waals surface area (Å²) in [4.78, 5) is 0. The second-order valence-electron chi connectivity index (χ2n) is 5.25. The Morgan fingerprint density at radius 3 is 2.53 bits per heavy atom. The highest BCUT2D eigenvalue weighted by atomic mass is 16.7. The van der Waals surface area contributed by atoms with Gasteiger partial charge in [0.15, 0.2) is 6.29 Å². The zero-order chi connectivity index (χ0) is 13.6. The summed E-state index contributed by atoms with van der Waals surface area (Å²) in [7, 11) is 0. The molecule has 1 aliphatic heterocycles. The normalized spacial score (nSPS) is 18.9. The highest BCUT2D eigenvalue weighted by Crippen LogP contribution is 2.14. The summed E-state index contributed by atoms with van der Waals surface area (Å²) in [6.45, 7) is 3.85. The van der Waals surface area contributed by atoms with Crippen LogP contribution >= 0.6 is 0 Å². The zero-order valence-electron chi connectivity index (χ0n) is 12.6. The Morgan fingerprint density at radius 1 is 1.00 bits per heavy atom. The lowest BCUT2D eigenvalue weighted by Crippen LogP contribution is -2.22. The Morgan fingerprint density at radius 2 is 1.79 bits per heavy atom. The van der Waals surface area contributed by atoms with Crippen molar-refractivity contribution in [2.45, 2.75) is 83.8 Å². The molecule has 0 aromatic heterocycles. The molecule has 0 radical (unpaired) electrons. The largest absolute Gasteiger partial charge is 0.353 e. The van der Waals surface area contributed by atoms with Crippen molar-refractivity contribution < 1.29 is 9.47 Å². The Hall–Kier alpha value is -0.520. The van der Waals surface area contributed by atoms with Gasteiger partial charge in [-0.3, -0.25) is 0 Å². The molecule has 1 unspecified atom stereocenters. The van der Waals surface area contributed by atoms with Gasteiger partial charge in [-0.1, -0.05) is 32.6 Å². The second kappa shape index (κ2) is 12.5. The van der Waals surface area contributed by atoms with Crippen LogP contribution in [-0.4, -0.2) is 19.5 Å². The molecule has 0 N–H and O–H groups in total. The first-order chi connectivity index (χ1) is 9.43. The lowest BCUT2D eigenvalue weighted by atomic mass is 10.1. The molecular weight excluding hydrogens is 236 g/mol. The average molecular weight is 266 g/mol. The van der Waals surface area contributed by atoms with Crippen molar-refractivity contribution in [2.24, 2.45) is 0 Å². The first-order valence-corrected chi connectivity index (χ1v) is 8.12. The van der Waals surface area contributed by atoms with Crippen LogP contribution in [-0.2, 0) is 9.47 Å². The van der Waals surface area contributed by atoms with E-state index in [1.54, 1.807) is 0 Å². The predicted octanol–water partition coefficient (Wildman–Crippen LogP) is 4.67. The van der Waals surface area contributed by atoms with Gasteiger partial charge in [0.25, 0.3) is 0 Å². The van der Waals surface area contributed by atoms with E-state index < -0.39 is 0 Å². The monoisotopic (exact) mass is 266 g/mol. The first kappa shape index (κ1) is 16.5. The molecule has 110 valence electrons. The third kappa shape index (κ3) is 9.99. The summed E-state index contributed by atoms with van der Waals surface area (Å²) in [6, 6.07) is 0. The number of ether oxygens (including phenoxy) is 2. The van der Waals surface area contributed by atoms with Gasteiger partial charge >= 0.3 is 0 Å². The van der Waals surface area contributed by atoms with E-state index in [4.69, 9.17) is 9.47 Å². The van der Waals surface area contributed by atoms with Crippen LogP contribution in [0.15, 0.2) is 0 Å². The number of rotatable bonds is 9. The van der Waals surface area contributed by atoms with E-state index in [0.29, 0.717) is 0 Å². The summed E-state index contributed by atoms with van der Waals surface area (Å²) < 4.78 is 11.2. The molecule has 0 bridgehead atoms. The van der Waals surface area contributed by atoms with E-state index in [1.165, 1.54) is 51.4 Å². The summed E-state index contributed by atoms with van der Waals surface area (Å²) in [6.07, 6.45) is 13.4. The topological polar surface area (TPSA) is 18.5 Å². The van der Waals surface area contributed by atoms with Gasteiger partial charge in [0.2, 0.25) is 0 Å². The fourth-order valence-corrected chi connectivity index (χ4v) is 2.29. The van der Waals surface area contributed by atoms with Crippen molar-refractivity contribution in [3.63, 3.8) is 0 Å². The molecule has 19 heavy (non-hydrogen) atoms. The second-order valence-corrected chi connectivity index (χ2v) is 5.25. The Labute approximate surface area is 119 Å². The standard InChI is InChI=1S/C17H30O2/c1-2-3-4-5-6-7-8-9-10-12-15-18-17-14-11-13-16-19-17/h17H,2,5-16H2,1H3. The molecule has 1 fully saturated rings. The summed E-state index contributed by atoms with van der Waals surface area (Å²) >= 11 is 0. The van der Waals surface area contributed by atoms with Gasteiger partial charge in [0, 0.05) is 26.1 Å². The molecular formula is C17H30O2. The minimum atomic E-state index is 0.0888. The van der Waals surface area contributed by atoms with Crippen molar-refractivity contribution in [3.8, 4) is 11.8 Å². The van der Waals surface area contributed by atoms with Crippen LogP contribution in [0.2, 0.25) is 0 Å². The van der Waals surface area contributed by atoms with E-state index in [1.807, 2.05) is 0 Å². The highest BCUT2D eigenvalue weighted by Gasteiger charge is 2.13. The summed E-state index contributed by atoms with van der Waals surface area (Å²) in [5.41, 5.74) is 0. The average Bonchev–Trinajstić information content (AvgIpc) is 2.46. The molecule has 1 rings (SSSR count). The van der Waals surface area contributed by atoms with E-state index >= 15 is 0 Å². The molecule has 0 spiro atoms. The molecule has 0 aliphatic carbocycles. The summed E-state index contributed by atoms with van der Waals surface area (Å²) in [5, 5.41) is 0. The van der Waals surface area contributed by atoms with Crippen molar-refractivity contribution in [2.75, 3.05) is 13.2 Å². The lowest BCUT2D eigenvalue weighted by molar-refractivity contribution is -0.162. The third-order valence-corrected chi connectivity index (χ3v) is 3.44. The molecule has 0 aromatic rings. The maximum atomic E-state index is 5.71. The number of hydrogen-bond donors (Lipinski definition) is 0. The minimum Gasteiger partial charge on any atom is -0.353 e. The molecule has 0 aromatic carbocycles. The van der Waals surface area contributed by atoms with Gasteiger partial charge in [0.1, 0.15) is 0 Å². The molecule has 2 heteroatoms. The van der Waals surface area contributed by atoms with Crippen molar-refractivity contribution in [1.82, 2.24) is 0 Å². The van der Waals surface area contributed by atoms with Crippen molar-refractivity contribution in [1.29, 1.82) is 0 Å². The predicted molar refractivity (Wildman–Crippen MR) is 79.9 cm³/mol. The van der Waals surface area contributed by atoms with Crippen LogP contribution < -0.4 is 0 Å². The lowest BCUT2D eigenvalue weighted by Gasteiger charge is -2.22. The van der Waals surface area contributed by atoms with Gasteiger partial charge in [-0.25, -0.2) is 0 Å². The number of hydrogen-bond acceptors (Lipinski definition) is 2. The summed E-state index contributed by atoms with van der Waals surface area (Å²) in [5.74, 6) is 6.32. The van der Waals surface area contributed by atoms with Crippen LogP contribution in [0.4, 0.5) is 0 Å². The SMILES string of the molecule is CCC#CCCCCCCCCOC1CCCCO1. The maximum Gasteiger partial charge on any atom is 0.157 e. The maximum absolute atomic E-state index is 5.71. The zero-order valence-corrected chi connectivity index (χ0v) is 12.6. The van der Waals surface area contributed by atoms with Gasteiger partial charge in [-0.15, -0.1) is 11.8 Å². The molecule has 1 atom stereocenters. The first-order valence-electron chi connectivity index (χ1n) is 8.12. The molecule has 2 nitrogen and oxygen atoms in total. The van der Waals surface area contributed by atoms with Crippen molar-refractivity contribution in [3.05, 3.63) is 0 Å². The van der Waals surface area contributed by atoms with E-state index in [9.17, 15) is 0 Å². The third-order valence-electron chi connectivity index (χ3n) is 3.44. The van der Waals surface area contributed by atoms with Gasteiger partial charge in [-0.2, -0.15) is 0 Å². The quantitative estimate of drug-likeness (QED) is 0.446. The fourth-order valence-electron chi connectivity index (χ4n) is 2.29. The molecule has 1 saturated heterocycles.